The van der Waals surface area contributed by atoms with Crippen LogP contribution in [0.2, 0.25) is 0 Å². The summed E-state index contributed by atoms with van der Waals surface area (Å²) in [6.45, 7) is 0. The zero-order chi connectivity index (χ0) is 37.7. The average Bonchev–Trinajstić information content (AvgIpc) is 3.29. The molecule has 11 aromatic rings. The maximum absolute atomic E-state index is 2.41. The van der Waals surface area contributed by atoms with Crippen LogP contribution in [0.5, 0.6) is 0 Å². The molecule has 0 aliphatic rings. The zero-order valence-electron chi connectivity index (χ0n) is 31.3. The Morgan fingerprint density at radius 3 is 1.53 bits per heavy atom. The molecule has 11 rings (SSSR count). The highest BCUT2D eigenvalue weighted by molar-refractivity contribution is 6.18. The predicted octanol–water partition coefficient (Wildman–Crippen LogP) is 15.9. The van der Waals surface area contributed by atoms with E-state index in [4.69, 9.17) is 0 Å². The highest BCUT2D eigenvalue weighted by Gasteiger charge is 2.19. The minimum absolute atomic E-state index is 1.11. The lowest BCUT2D eigenvalue weighted by Crippen LogP contribution is -2.10. The van der Waals surface area contributed by atoms with Crippen LogP contribution < -0.4 is 4.90 Å². The molecule has 0 atom stereocenters. The molecule has 0 spiro atoms. The van der Waals surface area contributed by atoms with Crippen LogP contribution in [0.25, 0.3) is 87.2 Å². The Kier molecular flexibility index (Phi) is 7.89. The van der Waals surface area contributed by atoms with Crippen LogP contribution in [-0.4, -0.2) is 0 Å². The van der Waals surface area contributed by atoms with E-state index in [9.17, 15) is 0 Å². The number of anilines is 3. The van der Waals surface area contributed by atoms with Crippen LogP contribution in [0, 0.1) is 0 Å². The summed E-state index contributed by atoms with van der Waals surface area (Å²) in [6, 6.07) is 82.1. The van der Waals surface area contributed by atoms with Gasteiger partial charge in [-0.1, -0.05) is 182 Å². The molecule has 11 aromatic carbocycles. The highest BCUT2D eigenvalue weighted by atomic mass is 15.1. The van der Waals surface area contributed by atoms with Crippen LogP contribution in [0.4, 0.5) is 17.1 Å². The van der Waals surface area contributed by atoms with Gasteiger partial charge in [-0.15, -0.1) is 0 Å². The lowest BCUT2D eigenvalue weighted by Gasteiger charge is -2.28. The van der Waals surface area contributed by atoms with E-state index < -0.39 is 0 Å². The first-order valence-corrected chi connectivity index (χ1v) is 19.7. The number of benzene rings is 11. The Labute approximate surface area is 332 Å². The summed E-state index contributed by atoms with van der Waals surface area (Å²) < 4.78 is 0. The van der Waals surface area contributed by atoms with Crippen molar-refractivity contribution in [2.24, 2.45) is 0 Å². The SMILES string of the molecule is c1ccc(-c2cc(-c3cccc(N(c4ccccc4)c4cc5ccccc5c5ccccc45)c3)ccc2-c2ccc3c(ccc4c5ccccc5ccc34)c2)cc1. The summed E-state index contributed by atoms with van der Waals surface area (Å²) in [7, 11) is 0. The van der Waals surface area contributed by atoms with Gasteiger partial charge in [-0.25, -0.2) is 0 Å². The number of fused-ring (bicyclic) bond motifs is 8. The molecule has 0 radical (unpaired) electrons. The van der Waals surface area contributed by atoms with Crippen LogP contribution >= 0.6 is 0 Å². The van der Waals surface area contributed by atoms with Crippen LogP contribution in [0.15, 0.2) is 224 Å². The third-order valence-corrected chi connectivity index (χ3v) is 11.6. The van der Waals surface area contributed by atoms with Gasteiger partial charge in [-0.05, 0) is 124 Å². The average molecular weight is 724 g/mol. The summed E-state index contributed by atoms with van der Waals surface area (Å²) in [5.74, 6) is 0. The Hall–Kier alpha value is -7.48. The van der Waals surface area contributed by atoms with Crippen molar-refractivity contribution in [2.45, 2.75) is 0 Å². The second-order valence-electron chi connectivity index (χ2n) is 14.9. The van der Waals surface area contributed by atoms with Gasteiger partial charge in [0.15, 0.2) is 0 Å². The van der Waals surface area contributed by atoms with E-state index in [1.165, 1.54) is 87.2 Å². The first-order valence-electron chi connectivity index (χ1n) is 19.7. The largest absolute Gasteiger partial charge is 0.310 e. The Morgan fingerprint density at radius 2 is 0.737 bits per heavy atom. The molecule has 0 bridgehead atoms. The molecule has 1 nitrogen and oxygen atoms in total. The maximum Gasteiger partial charge on any atom is 0.0546 e. The fourth-order valence-corrected chi connectivity index (χ4v) is 8.88. The van der Waals surface area contributed by atoms with E-state index in [0.29, 0.717) is 0 Å². The van der Waals surface area contributed by atoms with Crippen molar-refractivity contribution in [3.63, 3.8) is 0 Å². The van der Waals surface area contributed by atoms with Gasteiger partial charge >= 0.3 is 0 Å². The van der Waals surface area contributed by atoms with Gasteiger partial charge in [0.25, 0.3) is 0 Å². The predicted molar refractivity (Wildman–Crippen MR) is 245 cm³/mol. The van der Waals surface area contributed by atoms with Crippen molar-refractivity contribution < 1.29 is 0 Å². The number of hydrogen-bond donors (Lipinski definition) is 0. The molecule has 0 aromatic heterocycles. The second-order valence-corrected chi connectivity index (χ2v) is 14.9. The van der Waals surface area contributed by atoms with E-state index in [0.717, 1.165) is 17.1 Å². The lowest BCUT2D eigenvalue weighted by atomic mass is 9.89. The third kappa shape index (κ3) is 5.72. The van der Waals surface area contributed by atoms with Gasteiger partial charge in [0, 0.05) is 16.8 Å². The van der Waals surface area contributed by atoms with Crippen molar-refractivity contribution in [1.29, 1.82) is 0 Å². The number of rotatable bonds is 6. The van der Waals surface area contributed by atoms with Crippen molar-refractivity contribution in [3.8, 4) is 33.4 Å². The first kappa shape index (κ1) is 32.9. The lowest BCUT2D eigenvalue weighted by molar-refractivity contribution is 1.30. The van der Waals surface area contributed by atoms with Crippen molar-refractivity contribution in [2.75, 3.05) is 4.90 Å². The minimum atomic E-state index is 1.11. The molecule has 0 heterocycles. The molecule has 0 amide bonds. The summed E-state index contributed by atoms with van der Waals surface area (Å²) in [4.78, 5) is 2.41. The van der Waals surface area contributed by atoms with E-state index >= 15 is 0 Å². The van der Waals surface area contributed by atoms with Crippen molar-refractivity contribution >= 4 is 70.9 Å². The molecule has 0 saturated carbocycles. The number of para-hydroxylation sites is 1. The van der Waals surface area contributed by atoms with Gasteiger partial charge in [0.05, 0.1) is 5.69 Å². The summed E-state index contributed by atoms with van der Waals surface area (Å²) >= 11 is 0. The standard InChI is InChI=1S/C56H37N/c1-3-14-38(15-4-1)55-36-41(27-30-50(55)44-28-31-49-43(34-44)29-33-52-47-22-9-7-16-39(47)26-32-53(49)52)40-18-13-21-46(35-40)57(45-19-5-2-6-20-45)56-37-42-17-8-10-23-48(42)51-24-11-12-25-54(51)56/h1-37H. The van der Waals surface area contributed by atoms with Gasteiger partial charge in [0.2, 0.25) is 0 Å². The van der Waals surface area contributed by atoms with Gasteiger partial charge in [-0.3, -0.25) is 0 Å². The van der Waals surface area contributed by atoms with Gasteiger partial charge in [0.1, 0.15) is 0 Å². The molecule has 0 N–H and O–H groups in total. The van der Waals surface area contributed by atoms with E-state index in [1.54, 1.807) is 0 Å². The van der Waals surface area contributed by atoms with Crippen molar-refractivity contribution in [3.05, 3.63) is 224 Å². The topological polar surface area (TPSA) is 3.24 Å². The first-order chi connectivity index (χ1) is 28.3. The molecular formula is C56H37N. The Balaban J connectivity index is 1.05. The summed E-state index contributed by atoms with van der Waals surface area (Å²) in [5.41, 5.74) is 10.6. The number of nitrogens with zero attached hydrogens (tertiary/aromatic N) is 1. The fraction of sp³-hybridized carbons (Fsp3) is 0. The Bertz CT molecular complexity index is 3290. The molecule has 0 unspecified atom stereocenters. The molecule has 266 valence electrons. The minimum Gasteiger partial charge on any atom is -0.310 e. The molecule has 1 heteroatoms. The molecule has 0 saturated heterocycles. The normalized spacial score (nSPS) is 11.5. The van der Waals surface area contributed by atoms with E-state index in [1.807, 2.05) is 0 Å². The third-order valence-electron chi connectivity index (χ3n) is 11.6. The van der Waals surface area contributed by atoms with Crippen LogP contribution in [0.1, 0.15) is 0 Å². The van der Waals surface area contributed by atoms with E-state index in [2.05, 4.69) is 229 Å². The Morgan fingerprint density at radius 1 is 0.228 bits per heavy atom. The second kappa shape index (κ2) is 13.7. The zero-order valence-corrected chi connectivity index (χ0v) is 31.3. The van der Waals surface area contributed by atoms with Gasteiger partial charge < -0.3 is 4.90 Å². The van der Waals surface area contributed by atoms with Crippen LogP contribution in [-0.2, 0) is 0 Å². The quantitative estimate of drug-likeness (QED) is 0.154. The van der Waals surface area contributed by atoms with Gasteiger partial charge in [-0.2, -0.15) is 0 Å². The highest BCUT2D eigenvalue weighted by Crippen LogP contribution is 2.44. The molecular weight excluding hydrogens is 687 g/mol. The molecule has 0 aliphatic heterocycles. The van der Waals surface area contributed by atoms with Crippen LogP contribution in [0.3, 0.4) is 0 Å². The number of hydrogen-bond acceptors (Lipinski definition) is 1. The summed E-state index contributed by atoms with van der Waals surface area (Å²) in [6.07, 6.45) is 0. The van der Waals surface area contributed by atoms with Crippen molar-refractivity contribution in [1.82, 2.24) is 0 Å². The molecule has 0 aliphatic carbocycles. The van der Waals surface area contributed by atoms with E-state index in [-0.39, 0.29) is 0 Å². The molecule has 0 fully saturated rings. The monoisotopic (exact) mass is 723 g/mol. The fourth-order valence-electron chi connectivity index (χ4n) is 8.88. The smallest absolute Gasteiger partial charge is 0.0546 e. The molecule has 57 heavy (non-hydrogen) atoms. The maximum atomic E-state index is 2.41. The summed E-state index contributed by atoms with van der Waals surface area (Å²) in [5, 5.41) is 12.6.